The second-order valence-corrected chi connectivity index (χ2v) is 5.28. The van der Waals surface area contributed by atoms with Crippen molar-refractivity contribution >= 4 is 35.1 Å². The van der Waals surface area contributed by atoms with E-state index in [4.69, 9.17) is 27.9 Å². The van der Waals surface area contributed by atoms with Gasteiger partial charge in [0.1, 0.15) is 10.8 Å². The van der Waals surface area contributed by atoms with E-state index in [1.165, 1.54) is 0 Å². The van der Waals surface area contributed by atoms with Crippen LogP contribution in [0.2, 0.25) is 10.0 Å². The minimum Gasteiger partial charge on any atom is -0.482 e. The predicted octanol–water partition coefficient (Wildman–Crippen LogP) is 2.85. The predicted molar refractivity (Wildman–Crippen MR) is 78.3 cm³/mol. The van der Waals surface area contributed by atoms with Gasteiger partial charge in [0.05, 0.1) is 5.02 Å². The molecule has 3 amide bonds. The van der Waals surface area contributed by atoms with Gasteiger partial charge in [-0.1, -0.05) is 43.1 Å². The molecule has 0 bridgehead atoms. The normalized spacial score (nSPS) is 10.2. The number of urea groups is 1. The molecular weight excluding hydrogens is 303 g/mol. The molecule has 2 N–H and O–H groups in total. The first kappa shape index (κ1) is 16.6. The maximum absolute atomic E-state index is 11.5. The minimum atomic E-state index is -0.567. The van der Waals surface area contributed by atoms with Gasteiger partial charge in [0, 0.05) is 6.54 Å². The third-order valence-corrected chi connectivity index (χ3v) is 3.00. The highest BCUT2D eigenvalue weighted by Gasteiger charge is 2.11. The van der Waals surface area contributed by atoms with E-state index >= 15 is 0 Å². The molecule has 0 aliphatic rings. The molecule has 0 fully saturated rings. The zero-order valence-corrected chi connectivity index (χ0v) is 12.7. The Labute approximate surface area is 127 Å². The van der Waals surface area contributed by atoms with Gasteiger partial charge in [-0.2, -0.15) is 0 Å². The number of benzene rings is 1. The fraction of sp³-hybridized carbons (Fsp3) is 0.385. The Kier molecular flexibility index (Phi) is 6.61. The lowest BCUT2D eigenvalue weighted by molar-refractivity contribution is -0.122. The van der Waals surface area contributed by atoms with Crippen LogP contribution in [0.5, 0.6) is 5.75 Å². The molecule has 20 heavy (non-hydrogen) atoms. The lowest BCUT2D eigenvalue weighted by atomic mass is 10.2. The van der Waals surface area contributed by atoms with Crippen molar-refractivity contribution in [2.75, 3.05) is 13.2 Å². The van der Waals surface area contributed by atoms with E-state index in [9.17, 15) is 9.59 Å². The lowest BCUT2D eigenvalue weighted by Crippen LogP contribution is -2.42. The maximum atomic E-state index is 11.5. The number of carbonyl (C=O) groups is 2. The van der Waals surface area contributed by atoms with Gasteiger partial charge in [0.15, 0.2) is 6.61 Å². The first-order valence-corrected chi connectivity index (χ1v) is 6.80. The van der Waals surface area contributed by atoms with Gasteiger partial charge in [0.25, 0.3) is 5.91 Å². The maximum Gasteiger partial charge on any atom is 0.321 e. The number of hydrogen-bond acceptors (Lipinski definition) is 3. The van der Waals surface area contributed by atoms with Crippen LogP contribution in [0.25, 0.3) is 0 Å². The first-order valence-electron chi connectivity index (χ1n) is 6.04. The SMILES string of the molecule is CC(C)CNC(=O)NC(=O)COc1cccc(Cl)c1Cl. The molecular formula is C13H16Cl2N2O3. The van der Waals surface area contributed by atoms with Crippen molar-refractivity contribution < 1.29 is 14.3 Å². The monoisotopic (exact) mass is 318 g/mol. The van der Waals surface area contributed by atoms with Crippen molar-refractivity contribution in [2.45, 2.75) is 13.8 Å². The Hall–Kier alpha value is -1.46. The number of imide groups is 1. The summed E-state index contributed by atoms with van der Waals surface area (Å²) in [7, 11) is 0. The minimum absolute atomic E-state index is 0.228. The summed E-state index contributed by atoms with van der Waals surface area (Å²) in [5.41, 5.74) is 0. The van der Waals surface area contributed by atoms with E-state index in [1.807, 2.05) is 13.8 Å². The number of hydrogen-bond donors (Lipinski definition) is 2. The van der Waals surface area contributed by atoms with Crippen LogP contribution in [0.1, 0.15) is 13.8 Å². The molecule has 0 aromatic heterocycles. The van der Waals surface area contributed by atoms with Crippen LogP contribution >= 0.6 is 23.2 Å². The number of halogens is 2. The Balaban J connectivity index is 2.40. The summed E-state index contributed by atoms with van der Waals surface area (Å²) >= 11 is 11.7. The van der Waals surface area contributed by atoms with Crippen LogP contribution in [0.3, 0.4) is 0 Å². The van der Waals surface area contributed by atoms with Gasteiger partial charge in [-0.15, -0.1) is 0 Å². The van der Waals surface area contributed by atoms with Crippen LogP contribution in [-0.4, -0.2) is 25.1 Å². The van der Waals surface area contributed by atoms with Gasteiger partial charge in [0.2, 0.25) is 0 Å². The number of nitrogens with one attached hydrogen (secondary N) is 2. The van der Waals surface area contributed by atoms with Crippen LogP contribution in [0.4, 0.5) is 4.79 Å². The van der Waals surface area contributed by atoms with Gasteiger partial charge in [-0.05, 0) is 18.1 Å². The average Bonchev–Trinajstić information content (AvgIpc) is 2.38. The summed E-state index contributed by atoms with van der Waals surface area (Å²) < 4.78 is 5.20. The van der Waals surface area contributed by atoms with Crippen molar-refractivity contribution in [2.24, 2.45) is 5.92 Å². The molecule has 0 atom stereocenters. The van der Waals surface area contributed by atoms with E-state index < -0.39 is 11.9 Å². The summed E-state index contributed by atoms with van der Waals surface area (Å²) in [5, 5.41) is 5.27. The molecule has 0 aliphatic heterocycles. The van der Waals surface area contributed by atoms with E-state index in [2.05, 4.69) is 10.6 Å². The summed E-state index contributed by atoms with van der Waals surface area (Å²) in [6, 6.07) is 4.29. The van der Waals surface area contributed by atoms with Crippen molar-refractivity contribution in [1.82, 2.24) is 10.6 Å². The van der Waals surface area contributed by atoms with Crippen molar-refractivity contribution in [3.8, 4) is 5.75 Å². The van der Waals surface area contributed by atoms with Gasteiger partial charge in [-0.3, -0.25) is 10.1 Å². The van der Waals surface area contributed by atoms with Crippen molar-refractivity contribution in [3.63, 3.8) is 0 Å². The number of rotatable bonds is 5. The fourth-order valence-electron chi connectivity index (χ4n) is 1.24. The standard InChI is InChI=1S/C13H16Cl2N2O3/c1-8(2)6-16-13(19)17-11(18)7-20-10-5-3-4-9(14)12(10)15/h3-5,8H,6-7H2,1-2H3,(H2,16,17,18,19). The second-order valence-electron chi connectivity index (χ2n) is 4.49. The smallest absolute Gasteiger partial charge is 0.321 e. The first-order chi connectivity index (χ1) is 9.40. The van der Waals surface area contributed by atoms with E-state index in [-0.39, 0.29) is 17.4 Å². The van der Waals surface area contributed by atoms with Gasteiger partial charge >= 0.3 is 6.03 Å². The zero-order valence-electron chi connectivity index (χ0n) is 11.2. The van der Waals surface area contributed by atoms with E-state index in [0.29, 0.717) is 17.5 Å². The van der Waals surface area contributed by atoms with E-state index in [0.717, 1.165) is 0 Å². The summed E-state index contributed by atoms with van der Waals surface area (Å²) in [6.07, 6.45) is 0. The van der Waals surface area contributed by atoms with Crippen molar-refractivity contribution in [1.29, 1.82) is 0 Å². The molecule has 7 heteroatoms. The summed E-state index contributed by atoms with van der Waals surface area (Å²) in [6.45, 7) is 4.06. The third kappa shape index (κ3) is 5.67. The topological polar surface area (TPSA) is 67.4 Å². The van der Waals surface area contributed by atoms with Crippen LogP contribution in [-0.2, 0) is 4.79 Å². The third-order valence-electron chi connectivity index (χ3n) is 2.20. The average molecular weight is 319 g/mol. The second kappa shape index (κ2) is 7.97. The van der Waals surface area contributed by atoms with Gasteiger partial charge < -0.3 is 10.1 Å². The van der Waals surface area contributed by atoms with Crippen LogP contribution in [0.15, 0.2) is 18.2 Å². The highest BCUT2D eigenvalue weighted by atomic mass is 35.5. The Morgan fingerprint density at radius 3 is 2.65 bits per heavy atom. The number of amides is 3. The molecule has 1 rings (SSSR count). The van der Waals surface area contributed by atoms with Crippen molar-refractivity contribution in [3.05, 3.63) is 28.2 Å². The summed E-state index contributed by atoms with van der Waals surface area (Å²) in [4.78, 5) is 22.8. The Bertz CT molecular complexity index is 493. The molecule has 0 spiro atoms. The summed E-state index contributed by atoms with van der Waals surface area (Å²) in [5.74, 6) is 0.0246. The molecule has 0 radical (unpaired) electrons. The van der Waals surface area contributed by atoms with Crippen LogP contribution < -0.4 is 15.4 Å². The number of ether oxygens (including phenoxy) is 1. The zero-order chi connectivity index (χ0) is 15.1. The molecule has 0 unspecified atom stereocenters. The molecule has 0 saturated heterocycles. The molecule has 110 valence electrons. The fourth-order valence-corrected chi connectivity index (χ4v) is 1.59. The largest absolute Gasteiger partial charge is 0.482 e. The Morgan fingerprint density at radius 2 is 2.00 bits per heavy atom. The molecule has 0 heterocycles. The highest BCUT2D eigenvalue weighted by Crippen LogP contribution is 2.31. The molecule has 1 aromatic carbocycles. The molecule has 5 nitrogen and oxygen atoms in total. The highest BCUT2D eigenvalue weighted by molar-refractivity contribution is 6.42. The lowest BCUT2D eigenvalue weighted by Gasteiger charge is -2.10. The van der Waals surface area contributed by atoms with E-state index in [1.54, 1.807) is 18.2 Å². The Morgan fingerprint density at radius 1 is 1.30 bits per heavy atom. The van der Waals surface area contributed by atoms with Crippen LogP contribution in [0, 0.1) is 5.92 Å². The number of carbonyl (C=O) groups excluding carboxylic acids is 2. The van der Waals surface area contributed by atoms with Gasteiger partial charge in [-0.25, -0.2) is 4.79 Å². The quantitative estimate of drug-likeness (QED) is 0.877. The molecule has 0 aliphatic carbocycles. The molecule has 0 saturated carbocycles. The molecule has 1 aromatic rings.